The van der Waals surface area contributed by atoms with Crippen LogP contribution in [0.5, 0.6) is 0 Å². The van der Waals surface area contributed by atoms with E-state index in [1.165, 1.54) is 0 Å². The van der Waals surface area contributed by atoms with E-state index in [0.717, 1.165) is 25.9 Å². The molecular weight excluding hydrogens is 318 g/mol. The van der Waals surface area contributed by atoms with E-state index in [2.05, 4.69) is 25.2 Å². The van der Waals surface area contributed by atoms with Crippen molar-refractivity contribution in [3.63, 3.8) is 0 Å². The minimum atomic E-state index is -0.288. The number of amides is 1. The number of H-pyrrole nitrogens is 1. The third-order valence-corrected chi connectivity index (χ3v) is 4.46. The maximum absolute atomic E-state index is 12.4. The molecule has 1 amide bonds. The fraction of sp³-hybridized carbons (Fsp3) is 0.444. The van der Waals surface area contributed by atoms with E-state index in [4.69, 9.17) is 0 Å². The number of likely N-dealkylation sites (tertiary alicyclic amines) is 1. The van der Waals surface area contributed by atoms with Gasteiger partial charge in [-0.2, -0.15) is 0 Å². The SMILES string of the molecule is Cc1nc(-c2ccccn2)[nH]c(=O)c1CC(=O)N[C@@H]1CCCN(C)C1. The van der Waals surface area contributed by atoms with Crippen LogP contribution in [-0.2, 0) is 11.2 Å². The smallest absolute Gasteiger partial charge is 0.255 e. The first-order valence-electron chi connectivity index (χ1n) is 8.52. The Morgan fingerprint density at radius 3 is 2.96 bits per heavy atom. The lowest BCUT2D eigenvalue weighted by Crippen LogP contribution is -2.47. The van der Waals surface area contributed by atoms with Crippen molar-refractivity contribution in [2.45, 2.75) is 32.2 Å². The average molecular weight is 341 g/mol. The molecule has 0 spiro atoms. The lowest BCUT2D eigenvalue weighted by molar-refractivity contribution is -0.121. The number of nitrogens with one attached hydrogen (secondary N) is 2. The van der Waals surface area contributed by atoms with Gasteiger partial charge in [0.2, 0.25) is 5.91 Å². The summed E-state index contributed by atoms with van der Waals surface area (Å²) in [7, 11) is 2.05. The number of aromatic nitrogens is 3. The Kier molecular flexibility index (Phi) is 5.23. The number of carbonyl (C=O) groups excluding carboxylic acids is 1. The quantitative estimate of drug-likeness (QED) is 0.862. The number of piperidine rings is 1. The van der Waals surface area contributed by atoms with Gasteiger partial charge in [0.25, 0.3) is 5.56 Å². The lowest BCUT2D eigenvalue weighted by atomic mass is 10.1. The molecule has 2 N–H and O–H groups in total. The van der Waals surface area contributed by atoms with Gasteiger partial charge in [-0.15, -0.1) is 0 Å². The largest absolute Gasteiger partial charge is 0.352 e. The molecule has 132 valence electrons. The fourth-order valence-electron chi connectivity index (χ4n) is 3.17. The molecule has 0 radical (unpaired) electrons. The second-order valence-corrected chi connectivity index (χ2v) is 6.54. The van der Waals surface area contributed by atoms with Crippen LogP contribution in [0.1, 0.15) is 24.1 Å². The number of aryl methyl sites for hydroxylation is 1. The standard InChI is InChI=1S/C18H23N5O2/c1-12-14(10-16(24)21-13-6-5-9-23(2)11-13)18(25)22-17(20-12)15-7-3-4-8-19-15/h3-4,7-8,13H,5-6,9-11H2,1-2H3,(H,21,24)(H,20,22,25)/t13-/m1/s1. The summed E-state index contributed by atoms with van der Waals surface area (Å²) in [4.78, 5) is 38.3. The molecule has 0 aromatic carbocycles. The van der Waals surface area contributed by atoms with E-state index >= 15 is 0 Å². The molecule has 0 bridgehead atoms. The Labute approximate surface area is 146 Å². The Morgan fingerprint density at radius 2 is 2.28 bits per heavy atom. The molecule has 3 heterocycles. The van der Waals surface area contributed by atoms with Crippen molar-refractivity contribution < 1.29 is 4.79 Å². The molecule has 0 unspecified atom stereocenters. The maximum Gasteiger partial charge on any atom is 0.255 e. The summed E-state index contributed by atoms with van der Waals surface area (Å²) < 4.78 is 0. The van der Waals surface area contributed by atoms with Gasteiger partial charge in [0.05, 0.1) is 6.42 Å². The second-order valence-electron chi connectivity index (χ2n) is 6.54. The highest BCUT2D eigenvalue weighted by molar-refractivity contribution is 5.79. The summed E-state index contributed by atoms with van der Waals surface area (Å²) in [6, 6.07) is 5.56. The van der Waals surface area contributed by atoms with Gasteiger partial charge >= 0.3 is 0 Å². The van der Waals surface area contributed by atoms with Crippen molar-refractivity contribution in [3.8, 4) is 11.5 Å². The van der Waals surface area contributed by atoms with Crippen molar-refractivity contribution in [1.82, 2.24) is 25.2 Å². The van der Waals surface area contributed by atoms with Gasteiger partial charge in [-0.05, 0) is 45.5 Å². The molecule has 0 saturated carbocycles. The number of rotatable bonds is 4. The van der Waals surface area contributed by atoms with Crippen molar-refractivity contribution in [2.75, 3.05) is 20.1 Å². The summed E-state index contributed by atoms with van der Waals surface area (Å²) in [5.41, 5.74) is 1.27. The van der Waals surface area contributed by atoms with Crippen LogP contribution in [-0.4, -0.2) is 51.9 Å². The van der Waals surface area contributed by atoms with Crippen LogP contribution in [0, 0.1) is 6.92 Å². The van der Waals surface area contributed by atoms with E-state index in [1.807, 2.05) is 13.1 Å². The van der Waals surface area contributed by atoms with Gasteiger partial charge in [-0.1, -0.05) is 6.07 Å². The van der Waals surface area contributed by atoms with Crippen LogP contribution in [0.15, 0.2) is 29.2 Å². The maximum atomic E-state index is 12.4. The molecule has 1 aliphatic heterocycles. The number of nitrogens with zero attached hydrogens (tertiary/aromatic N) is 3. The summed E-state index contributed by atoms with van der Waals surface area (Å²) in [6.07, 6.45) is 3.73. The van der Waals surface area contributed by atoms with Gasteiger partial charge in [-0.3, -0.25) is 14.6 Å². The Morgan fingerprint density at radius 1 is 1.44 bits per heavy atom. The topological polar surface area (TPSA) is 91.0 Å². The van der Waals surface area contributed by atoms with E-state index in [1.54, 1.807) is 25.3 Å². The monoisotopic (exact) mass is 341 g/mol. The average Bonchev–Trinajstić information content (AvgIpc) is 2.59. The predicted octanol–water partition coefficient (Wildman–Crippen LogP) is 0.893. The summed E-state index contributed by atoms with van der Waals surface area (Å²) in [6.45, 7) is 3.65. The van der Waals surface area contributed by atoms with Crippen LogP contribution >= 0.6 is 0 Å². The molecule has 1 saturated heterocycles. The Hall–Kier alpha value is -2.54. The van der Waals surface area contributed by atoms with Crippen molar-refractivity contribution in [2.24, 2.45) is 0 Å². The van der Waals surface area contributed by atoms with Crippen molar-refractivity contribution in [3.05, 3.63) is 46.0 Å². The zero-order valence-corrected chi connectivity index (χ0v) is 14.6. The molecule has 2 aromatic heterocycles. The Balaban J connectivity index is 1.72. The minimum Gasteiger partial charge on any atom is -0.352 e. The molecule has 1 fully saturated rings. The highest BCUT2D eigenvalue weighted by Crippen LogP contribution is 2.12. The minimum absolute atomic E-state index is 0.0386. The molecule has 0 aliphatic carbocycles. The number of aromatic amines is 1. The lowest BCUT2D eigenvalue weighted by Gasteiger charge is -2.30. The summed E-state index contributed by atoms with van der Waals surface area (Å²) >= 11 is 0. The van der Waals surface area contributed by atoms with Crippen LogP contribution < -0.4 is 10.9 Å². The number of hydrogen-bond donors (Lipinski definition) is 2. The molecule has 2 aromatic rings. The van der Waals surface area contributed by atoms with Crippen LogP contribution in [0.4, 0.5) is 0 Å². The van der Waals surface area contributed by atoms with Crippen molar-refractivity contribution >= 4 is 5.91 Å². The third kappa shape index (κ3) is 4.30. The van der Waals surface area contributed by atoms with Gasteiger partial charge in [0.1, 0.15) is 5.69 Å². The Bertz CT molecular complexity index is 803. The first-order valence-corrected chi connectivity index (χ1v) is 8.52. The molecule has 7 heteroatoms. The number of carbonyl (C=O) groups is 1. The molecule has 7 nitrogen and oxygen atoms in total. The van der Waals surface area contributed by atoms with E-state index in [9.17, 15) is 9.59 Å². The number of likely N-dealkylation sites (N-methyl/N-ethyl adjacent to an activating group) is 1. The highest BCUT2D eigenvalue weighted by Gasteiger charge is 2.20. The van der Waals surface area contributed by atoms with Crippen molar-refractivity contribution in [1.29, 1.82) is 0 Å². The normalized spacial score (nSPS) is 18.1. The van der Waals surface area contributed by atoms with E-state index < -0.39 is 0 Å². The molecular formula is C18H23N5O2. The van der Waals surface area contributed by atoms with E-state index in [0.29, 0.717) is 22.8 Å². The summed E-state index contributed by atoms with van der Waals surface area (Å²) in [5.74, 6) is 0.280. The number of hydrogen-bond acceptors (Lipinski definition) is 5. The van der Waals surface area contributed by atoms with Crippen LogP contribution in [0.25, 0.3) is 11.5 Å². The number of pyridine rings is 1. The first kappa shape index (κ1) is 17.3. The zero-order valence-electron chi connectivity index (χ0n) is 14.6. The fourth-order valence-corrected chi connectivity index (χ4v) is 3.17. The van der Waals surface area contributed by atoms with Gasteiger partial charge in [0.15, 0.2) is 5.82 Å². The van der Waals surface area contributed by atoms with Crippen LogP contribution in [0.3, 0.4) is 0 Å². The highest BCUT2D eigenvalue weighted by atomic mass is 16.2. The van der Waals surface area contributed by atoms with Gasteiger partial charge in [0, 0.05) is 30.0 Å². The zero-order chi connectivity index (χ0) is 17.8. The third-order valence-electron chi connectivity index (χ3n) is 4.46. The summed E-state index contributed by atoms with van der Waals surface area (Å²) in [5, 5.41) is 3.02. The molecule has 1 atom stereocenters. The molecule has 3 rings (SSSR count). The first-order chi connectivity index (χ1) is 12.0. The molecule has 1 aliphatic rings. The van der Waals surface area contributed by atoms with Gasteiger partial charge in [-0.25, -0.2) is 4.98 Å². The van der Waals surface area contributed by atoms with E-state index in [-0.39, 0.29) is 23.9 Å². The van der Waals surface area contributed by atoms with Crippen LogP contribution in [0.2, 0.25) is 0 Å². The predicted molar refractivity (Wildman–Crippen MR) is 95.2 cm³/mol. The van der Waals surface area contributed by atoms with Gasteiger partial charge < -0.3 is 15.2 Å². The second kappa shape index (κ2) is 7.57. The molecule has 25 heavy (non-hydrogen) atoms.